The van der Waals surface area contributed by atoms with Gasteiger partial charge in [-0.05, 0) is 51.4 Å². The summed E-state index contributed by atoms with van der Waals surface area (Å²) in [6.45, 7) is 8.52. The van der Waals surface area contributed by atoms with Gasteiger partial charge >= 0.3 is 5.97 Å². The van der Waals surface area contributed by atoms with Crippen LogP contribution in [-0.4, -0.2) is 23.8 Å². The molecule has 3 nitrogen and oxygen atoms in total. The Hall–Kier alpha value is -0.570. The van der Waals surface area contributed by atoms with Crippen LogP contribution in [0.1, 0.15) is 85.5 Å². The Bertz CT molecular complexity index is 360. The minimum absolute atomic E-state index is 0.00699. The van der Waals surface area contributed by atoms with Crippen LogP contribution >= 0.6 is 0 Å². The topological polar surface area (TPSA) is 35.5 Å². The Balaban J connectivity index is 1.98. The van der Waals surface area contributed by atoms with E-state index in [1.807, 2.05) is 6.92 Å². The van der Waals surface area contributed by atoms with Crippen LogP contribution in [0, 0.1) is 11.8 Å². The van der Waals surface area contributed by atoms with E-state index in [1.165, 1.54) is 19.3 Å². The first-order chi connectivity index (χ1) is 10.5. The summed E-state index contributed by atoms with van der Waals surface area (Å²) in [5.74, 6) is 0.277. The van der Waals surface area contributed by atoms with Crippen LogP contribution in [0.5, 0.6) is 0 Å². The van der Waals surface area contributed by atoms with Gasteiger partial charge < -0.3 is 9.47 Å². The SMILES string of the molecule is CCC1CC(C(C)C(=O)OC2(CC)CCCCC2)C(CC)O1. The maximum absolute atomic E-state index is 12.7. The van der Waals surface area contributed by atoms with E-state index in [9.17, 15) is 4.79 Å². The number of rotatable bonds is 6. The van der Waals surface area contributed by atoms with Crippen LogP contribution in [0.25, 0.3) is 0 Å². The lowest BCUT2D eigenvalue weighted by atomic mass is 9.81. The van der Waals surface area contributed by atoms with E-state index < -0.39 is 0 Å². The molecule has 22 heavy (non-hydrogen) atoms. The van der Waals surface area contributed by atoms with E-state index in [0.29, 0.717) is 12.0 Å². The predicted molar refractivity (Wildman–Crippen MR) is 88.7 cm³/mol. The van der Waals surface area contributed by atoms with Crippen LogP contribution in [0.2, 0.25) is 0 Å². The van der Waals surface area contributed by atoms with Crippen molar-refractivity contribution < 1.29 is 14.3 Å². The molecule has 0 N–H and O–H groups in total. The Morgan fingerprint density at radius 2 is 1.86 bits per heavy atom. The van der Waals surface area contributed by atoms with Crippen LogP contribution in [0.4, 0.5) is 0 Å². The molecule has 1 aliphatic heterocycles. The molecule has 2 rings (SSSR count). The zero-order valence-electron chi connectivity index (χ0n) is 14.9. The monoisotopic (exact) mass is 310 g/mol. The first kappa shape index (κ1) is 17.8. The minimum Gasteiger partial charge on any atom is -0.459 e. The Labute approximate surface area is 136 Å². The van der Waals surface area contributed by atoms with E-state index in [1.54, 1.807) is 0 Å². The van der Waals surface area contributed by atoms with Gasteiger partial charge in [0.25, 0.3) is 0 Å². The molecule has 0 bridgehead atoms. The highest BCUT2D eigenvalue weighted by molar-refractivity contribution is 5.73. The third kappa shape index (κ3) is 3.84. The van der Waals surface area contributed by atoms with Crippen LogP contribution in [-0.2, 0) is 14.3 Å². The maximum atomic E-state index is 12.7. The smallest absolute Gasteiger partial charge is 0.309 e. The fraction of sp³-hybridized carbons (Fsp3) is 0.947. The summed E-state index contributed by atoms with van der Waals surface area (Å²) in [6, 6.07) is 0. The van der Waals surface area contributed by atoms with Gasteiger partial charge in [-0.3, -0.25) is 4.79 Å². The quantitative estimate of drug-likeness (QED) is 0.656. The average Bonchev–Trinajstić information content (AvgIpc) is 2.98. The average molecular weight is 310 g/mol. The molecule has 2 fully saturated rings. The normalized spacial score (nSPS) is 32.6. The minimum atomic E-state index is -0.186. The Morgan fingerprint density at radius 3 is 2.41 bits per heavy atom. The number of carbonyl (C=O) groups is 1. The van der Waals surface area contributed by atoms with Crippen molar-refractivity contribution in [3.05, 3.63) is 0 Å². The lowest BCUT2D eigenvalue weighted by Gasteiger charge is -2.37. The van der Waals surface area contributed by atoms with Crippen molar-refractivity contribution in [3.8, 4) is 0 Å². The van der Waals surface area contributed by atoms with Crippen LogP contribution < -0.4 is 0 Å². The number of hydrogen-bond donors (Lipinski definition) is 0. The molecule has 4 atom stereocenters. The van der Waals surface area contributed by atoms with Crippen molar-refractivity contribution >= 4 is 5.97 Å². The van der Waals surface area contributed by atoms with Crippen molar-refractivity contribution in [2.75, 3.05) is 0 Å². The fourth-order valence-corrected chi connectivity index (χ4v) is 4.25. The summed E-state index contributed by atoms with van der Waals surface area (Å²) in [5, 5.41) is 0. The van der Waals surface area contributed by atoms with Crippen molar-refractivity contribution in [3.63, 3.8) is 0 Å². The molecular formula is C19H34O3. The number of ether oxygens (including phenoxy) is 2. The summed E-state index contributed by atoms with van der Waals surface area (Å²) in [5.41, 5.74) is -0.186. The molecule has 2 aliphatic rings. The molecular weight excluding hydrogens is 276 g/mol. The van der Waals surface area contributed by atoms with E-state index in [0.717, 1.165) is 38.5 Å². The second-order valence-electron chi connectivity index (χ2n) is 7.32. The first-order valence-electron chi connectivity index (χ1n) is 9.43. The van der Waals surface area contributed by atoms with Crippen molar-refractivity contribution in [2.45, 2.75) is 103 Å². The van der Waals surface area contributed by atoms with Crippen molar-refractivity contribution in [1.29, 1.82) is 0 Å². The Kier molecular flexibility index (Phi) is 6.31. The maximum Gasteiger partial charge on any atom is 0.309 e. The number of carbonyl (C=O) groups excluding carboxylic acids is 1. The van der Waals surface area contributed by atoms with Gasteiger partial charge in [-0.1, -0.05) is 34.1 Å². The van der Waals surface area contributed by atoms with Gasteiger partial charge in [-0.2, -0.15) is 0 Å². The van der Waals surface area contributed by atoms with Crippen molar-refractivity contribution in [2.24, 2.45) is 11.8 Å². The molecule has 1 saturated heterocycles. The summed E-state index contributed by atoms with van der Waals surface area (Å²) in [7, 11) is 0. The van der Waals surface area contributed by atoms with Crippen molar-refractivity contribution in [1.82, 2.24) is 0 Å². The van der Waals surface area contributed by atoms with E-state index in [4.69, 9.17) is 9.47 Å². The zero-order valence-corrected chi connectivity index (χ0v) is 14.9. The first-order valence-corrected chi connectivity index (χ1v) is 9.43. The lowest BCUT2D eigenvalue weighted by molar-refractivity contribution is -0.171. The summed E-state index contributed by atoms with van der Waals surface area (Å²) >= 11 is 0. The molecule has 0 spiro atoms. The highest BCUT2D eigenvalue weighted by Crippen LogP contribution is 2.39. The number of hydrogen-bond acceptors (Lipinski definition) is 3. The molecule has 0 radical (unpaired) electrons. The molecule has 1 aliphatic carbocycles. The molecule has 1 saturated carbocycles. The summed E-state index contributed by atoms with van der Waals surface area (Å²) in [4.78, 5) is 12.7. The summed E-state index contributed by atoms with van der Waals surface area (Å²) < 4.78 is 12.1. The standard InChI is InChI=1S/C19H34O3/c1-5-15-13-16(17(6-2)21-15)14(4)18(20)22-19(7-3)11-9-8-10-12-19/h14-17H,5-13H2,1-4H3. The van der Waals surface area contributed by atoms with Crippen LogP contribution in [0.3, 0.4) is 0 Å². The lowest BCUT2D eigenvalue weighted by Crippen LogP contribution is -2.40. The molecule has 0 aromatic heterocycles. The zero-order chi connectivity index (χ0) is 16.2. The molecule has 0 aromatic rings. The Morgan fingerprint density at radius 1 is 1.18 bits per heavy atom. The van der Waals surface area contributed by atoms with E-state index in [2.05, 4.69) is 20.8 Å². The largest absolute Gasteiger partial charge is 0.459 e. The third-order valence-corrected chi connectivity index (χ3v) is 5.98. The van der Waals surface area contributed by atoms with Gasteiger partial charge in [0.05, 0.1) is 18.1 Å². The molecule has 1 heterocycles. The van der Waals surface area contributed by atoms with Gasteiger partial charge in [-0.25, -0.2) is 0 Å². The van der Waals surface area contributed by atoms with Gasteiger partial charge in [0.1, 0.15) is 5.60 Å². The predicted octanol–water partition coefficient (Wildman–Crippen LogP) is 4.87. The third-order valence-electron chi connectivity index (χ3n) is 5.98. The van der Waals surface area contributed by atoms with E-state index >= 15 is 0 Å². The summed E-state index contributed by atoms with van der Waals surface area (Å²) in [6.07, 6.45) is 10.3. The van der Waals surface area contributed by atoms with E-state index in [-0.39, 0.29) is 23.6 Å². The second-order valence-corrected chi connectivity index (χ2v) is 7.32. The molecule has 3 heteroatoms. The highest BCUT2D eigenvalue weighted by atomic mass is 16.6. The van der Waals surface area contributed by atoms with Gasteiger partial charge in [-0.15, -0.1) is 0 Å². The molecule has 128 valence electrons. The second kappa shape index (κ2) is 7.81. The van der Waals surface area contributed by atoms with Crippen LogP contribution in [0.15, 0.2) is 0 Å². The van der Waals surface area contributed by atoms with Gasteiger partial charge in [0, 0.05) is 5.92 Å². The molecule has 0 amide bonds. The van der Waals surface area contributed by atoms with Gasteiger partial charge in [0.15, 0.2) is 0 Å². The number of esters is 1. The fourth-order valence-electron chi connectivity index (χ4n) is 4.25. The van der Waals surface area contributed by atoms with Gasteiger partial charge in [0.2, 0.25) is 0 Å². The highest BCUT2D eigenvalue weighted by Gasteiger charge is 2.42. The molecule has 4 unspecified atom stereocenters. The molecule has 0 aromatic carbocycles.